The first-order valence-electron chi connectivity index (χ1n) is 4.18. The van der Waals surface area contributed by atoms with E-state index in [2.05, 4.69) is 9.71 Å². The monoisotopic (exact) mass is 219 g/mol. The first-order valence-corrected chi connectivity index (χ1v) is 5.83. The number of aliphatic hydroxyl groups excluding tert-OH is 1. The predicted molar refractivity (Wildman–Crippen MR) is 51.1 cm³/mol. The van der Waals surface area contributed by atoms with Crippen LogP contribution in [0.2, 0.25) is 0 Å². The highest BCUT2D eigenvalue weighted by Crippen LogP contribution is 1.86. The van der Waals surface area contributed by atoms with E-state index < -0.39 is 10.0 Å². The van der Waals surface area contributed by atoms with E-state index >= 15 is 0 Å². The number of hydrogen-bond donors (Lipinski definition) is 2. The Morgan fingerprint density at radius 3 is 2.86 bits per heavy atom. The first-order chi connectivity index (χ1) is 6.64. The lowest BCUT2D eigenvalue weighted by molar-refractivity contribution is 0.319. The van der Waals surface area contributed by atoms with Gasteiger partial charge in [0.05, 0.1) is 18.7 Å². The third-order valence-electron chi connectivity index (χ3n) is 1.61. The molecule has 80 valence electrons. The summed E-state index contributed by atoms with van der Waals surface area (Å²) in [6, 6.07) is 0. The summed E-state index contributed by atoms with van der Waals surface area (Å²) in [7, 11) is -3.32. The van der Waals surface area contributed by atoms with Gasteiger partial charge in [-0.3, -0.25) is 0 Å². The van der Waals surface area contributed by atoms with E-state index in [0.29, 0.717) is 13.1 Å². The molecule has 0 amide bonds. The zero-order valence-corrected chi connectivity index (χ0v) is 8.44. The molecule has 0 saturated carbocycles. The Balaban J connectivity index is 2.28. The number of rotatable bonds is 6. The Hall–Kier alpha value is -0.920. The minimum absolute atomic E-state index is 0.253. The van der Waals surface area contributed by atoms with Crippen molar-refractivity contribution in [3.05, 3.63) is 18.7 Å². The first kappa shape index (κ1) is 11.2. The summed E-state index contributed by atoms with van der Waals surface area (Å²) in [6.45, 7) is 0.476. The number of nitrogens with one attached hydrogen (secondary N) is 1. The molecule has 0 bridgehead atoms. The third kappa shape index (κ3) is 3.86. The molecule has 0 aliphatic carbocycles. The van der Waals surface area contributed by atoms with Gasteiger partial charge in [-0.2, -0.15) is 0 Å². The van der Waals surface area contributed by atoms with Crippen molar-refractivity contribution in [3.63, 3.8) is 0 Å². The van der Waals surface area contributed by atoms with E-state index in [1.54, 1.807) is 23.3 Å². The van der Waals surface area contributed by atoms with Gasteiger partial charge < -0.3 is 9.67 Å². The highest BCUT2D eigenvalue weighted by molar-refractivity contribution is 7.89. The molecular weight excluding hydrogens is 206 g/mol. The Morgan fingerprint density at radius 1 is 1.50 bits per heavy atom. The molecule has 0 fully saturated rings. The molecule has 0 aromatic carbocycles. The molecule has 7 heteroatoms. The van der Waals surface area contributed by atoms with Gasteiger partial charge in [0.15, 0.2) is 0 Å². The fraction of sp³-hybridized carbons (Fsp3) is 0.571. The van der Waals surface area contributed by atoms with E-state index in [0.717, 1.165) is 0 Å². The summed E-state index contributed by atoms with van der Waals surface area (Å²) < 4.78 is 26.3. The lowest BCUT2D eigenvalue weighted by Gasteiger charge is -2.05. The molecule has 6 nitrogen and oxygen atoms in total. The van der Waals surface area contributed by atoms with Crippen LogP contribution in [0.4, 0.5) is 0 Å². The van der Waals surface area contributed by atoms with Crippen molar-refractivity contribution in [2.75, 3.05) is 18.9 Å². The van der Waals surface area contributed by atoms with Gasteiger partial charge in [-0.1, -0.05) is 0 Å². The van der Waals surface area contributed by atoms with Gasteiger partial charge in [-0.05, 0) is 0 Å². The van der Waals surface area contributed by atoms with Crippen molar-refractivity contribution in [1.29, 1.82) is 0 Å². The van der Waals surface area contributed by atoms with Crippen LogP contribution in [0.5, 0.6) is 0 Å². The zero-order chi connectivity index (χ0) is 10.4. The van der Waals surface area contributed by atoms with Crippen molar-refractivity contribution in [2.24, 2.45) is 0 Å². The van der Waals surface area contributed by atoms with Crippen LogP contribution in [0.15, 0.2) is 18.7 Å². The lowest BCUT2D eigenvalue weighted by Crippen LogP contribution is -2.30. The Morgan fingerprint density at radius 2 is 2.29 bits per heavy atom. The highest BCUT2D eigenvalue weighted by Gasteiger charge is 2.07. The van der Waals surface area contributed by atoms with Crippen LogP contribution in [0.25, 0.3) is 0 Å². The maximum absolute atomic E-state index is 11.1. The van der Waals surface area contributed by atoms with E-state index in [9.17, 15) is 8.42 Å². The van der Waals surface area contributed by atoms with Gasteiger partial charge in [-0.15, -0.1) is 0 Å². The standard InChI is InChI=1S/C7H13N3O3S/c11-5-6-14(12,13)9-2-4-10-3-1-8-7-10/h1,3,7,9,11H,2,4-6H2. The van der Waals surface area contributed by atoms with Crippen molar-refractivity contribution in [1.82, 2.24) is 14.3 Å². The van der Waals surface area contributed by atoms with E-state index in [-0.39, 0.29) is 12.4 Å². The molecule has 1 rings (SSSR count). The molecule has 14 heavy (non-hydrogen) atoms. The molecule has 0 spiro atoms. The van der Waals surface area contributed by atoms with Crippen molar-refractivity contribution in [3.8, 4) is 0 Å². The Bertz CT molecular complexity index is 346. The number of aromatic nitrogens is 2. The highest BCUT2D eigenvalue weighted by atomic mass is 32.2. The van der Waals surface area contributed by atoms with E-state index in [1.165, 1.54) is 0 Å². The summed E-state index contributed by atoms with van der Waals surface area (Å²) in [4.78, 5) is 3.82. The average Bonchev–Trinajstić information content (AvgIpc) is 2.56. The minimum Gasteiger partial charge on any atom is -0.395 e. The third-order valence-corrected chi connectivity index (χ3v) is 2.98. The van der Waals surface area contributed by atoms with Crippen molar-refractivity contribution in [2.45, 2.75) is 6.54 Å². The second kappa shape index (κ2) is 5.08. The topological polar surface area (TPSA) is 84.2 Å². The Kier molecular flexibility index (Phi) is 4.05. The molecular formula is C7H13N3O3S. The maximum Gasteiger partial charge on any atom is 0.213 e. The number of imidazole rings is 1. The van der Waals surface area contributed by atoms with Crippen molar-refractivity contribution < 1.29 is 13.5 Å². The van der Waals surface area contributed by atoms with E-state index in [4.69, 9.17) is 5.11 Å². The van der Waals surface area contributed by atoms with Crippen LogP contribution in [0.1, 0.15) is 0 Å². The summed E-state index contributed by atoms with van der Waals surface area (Å²) in [5.74, 6) is -0.253. The molecule has 1 aromatic heterocycles. The van der Waals surface area contributed by atoms with Crippen LogP contribution < -0.4 is 4.72 Å². The van der Waals surface area contributed by atoms with Gasteiger partial charge in [0, 0.05) is 25.5 Å². The summed E-state index contributed by atoms with van der Waals surface area (Å²) >= 11 is 0. The molecule has 0 atom stereocenters. The molecule has 1 heterocycles. The summed E-state index contributed by atoms with van der Waals surface area (Å²) in [6.07, 6.45) is 4.99. The number of hydrogen-bond acceptors (Lipinski definition) is 4. The molecule has 0 saturated heterocycles. The van der Waals surface area contributed by atoms with Crippen LogP contribution >= 0.6 is 0 Å². The van der Waals surface area contributed by atoms with Crippen LogP contribution in [0.3, 0.4) is 0 Å². The largest absolute Gasteiger partial charge is 0.395 e. The second-order valence-corrected chi connectivity index (χ2v) is 4.66. The maximum atomic E-state index is 11.1. The van der Waals surface area contributed by atoms with Crippen LogP contribution in [-0.2, 0) is 16.6 Å². The molecule has 0 radical (unpaired) electrons. The normalized spacial score (nSPS) is 11.8. The van der Waals surface area contributed by atoms with Gasteiger partial charge >= 0.3 is 0 Å². The van der Waals surface area contributed by atoms with Crippen molar-refractivity contribution >= 4 is 10.0 Å². The molecule has 0 aliphatic heterocycles. The second-order valence-electron chi connectivity index (χ2n) is 2.74. The van der Waals surface area contributed by atoms with Crippen LogP contribution in [0, 0.1) is 0 Å². The zero-order valence-electron chi connectivity index (χ0n) is 7.63. The number of nitrogens with zero attached hydrogens (tertiary/aromatic N) is 2. The number of aliphatic hydroxyl groups is 1. The van der Waals surface area contributed by atoms with Gasteiger partial charge in [0.25, 0.3) is 0 Å². The summed E-state index contributed by atoms with van der Waals surface area (Å²) in [5.41, 5.74) is 0. The minimum atomic E-state index is -3.32. The van der Waals surface area contributed by atoms with Gasteiger partial charge in [-0.25, -0.2) is 18.1 Å². The number of sulfonamides is 1. The molecule has 1 aromatic rings. The van der Waals surface area contributed by atoms with E-state index in [1.807, 2.05) is 0 Å². The fourth-order valence-electron chi connectivity index (χ4n) is 0.942. The summed E-state index contributed by atoms with van der Waals surface area (Å²) in [5, 5.41) is 8.45. The lowest BCUT2D eigenvalue weighted by atomic mass is 10.6. The molecule has 0 unspecified atom stereocenters. The molecule has 2 N–H and O–H groups in total. The van der Waals surface area contributed by atoms with Crippen LogP contribution in [-0.4, -0.2) is 42.0 Å². The van der Waals surface area contributed by atoms with Gasteiger partial charge in [0.1, 0.15) is 0 Å². The Labute approximate surface area is 82.6 Å². The van der Waals surface area contributed by atoms with Gasteiger partial charge in [0.2, 0.25) is 10.0 Å². The quantitative estimate of drug-likeness (QED) is 0.629. The predicted octanol–water partition coefficient (Wildman–Crippen LogP) is -1.21. The SMILES string of the molecule is O=S(=O)(CCO)NCCn1ccnc1. The molecule has 0 aliphatic rings. The average molecular weight is 219 g/mol. The smallest absolute Gasteiger partial charge is 0.213 e. The fourth-order valence-corrected chi connectivity index (χ4v) is 1.73.